The van der Waals surface area contributed by atoms with Crippen molar-refractivity contribution in [3.63, 3.8) is 0 Å². The first kappa shape index (κ1) is 18.8. The summed E-state index contributed by atoms with van der Waals surface area (Å²) in [6.45, 7) is 3.22. The van der Waals surface area contributed by atoms with Crippen molar-refractivity contribution in [2.45, 2.75) is 13.5 Å². The van der Waals surface area contributed by atoms with Crippen molar-refractivity contribution < 1.29 is 14.3 Å². The van der Waals surface area contributed by atoms with Gasteiger partial charge < -0.3 is 14.8 Å². The molecule has 1 N–H and O–H groups in total. The van der Waals surface area contributed by atoms with Gasteiger partial charge in [-0.15, -0.1) is 0 Å². The Morgan fingerprint density at radius 1 is 1.21 bits per heavy atom. The third kappa shape index (κ3) is 3.72. The van der Waals surface area contributed by atoms with Gasteiger partial charge in [0.15, 0.2) is 11.5 Å². The minimum atomic E-state index is -0.334. The van der Waals surface area contributed by atoms with E-state index in [4.69, 9.17) is 21.1 Å². The molecule has 1 aromatic heterocycles. The first-order valence-corrected chi connectivity index (χ1v) is 9.87. The number of nitrogens with one attached hydrogen (secondary N) is 1. The van der Waals surface area contributed by atoms with Gasteiger partial charge in [0.25, 0.3) is 5.91 Å². The zero-order chi connectivity index (χ0) is 19.7. The number of ether oxygens (including phenoxy) is 2. The maximum absolute atomic E-state index is 12.9. The fourth-order valence-corrected chi connectivity index (χ4v) is 3.76. The molecule has 0 spiro atoms. The zero-order valence-electron chi connectivity index (χ0n) is 15.0. The quantitative estimate of drug-likeness (QED) is 0.611. The van der Waals surface area contributed by atoms with Gasteiger partial charge in [0.05, 0.1) is 23.5 Å². The summed E-state index contributed by atoms with van der Waals surface area (Å²) in [5.41, 5.74) is 2.53. The minimum Gasteiger partial charge on any atom is -0.486 e. The molecule has 4 rings (SSSR count). The topological polar surface area (TPSA) is 65.4 Å². The van der Waals surface area contributed by atoms with Crippen molar-refractivity contribution in [3.8, 4) is 11.5 Å². The van der Waals surface area contributed by atoms with E-state index < -0.39 is 0 Å². The van der Waals surface area contributed by atoms with Crippen LogP contribution in [-0.2, 0) is 6.54 Å². The number of rotatable bonds is 4. The van der Waals surface area contributed by atoms with Crippen LogP contribution in [0.25, 0.3) is 0 Å². The fourth-order valence-electron chi connectivity index (χ4n) is 3.02. The highest BCUT2D eigenvalue weighted by Gasteiger charge is 2.22. The molecular formula is C20H17BrClN3O3. The number of amides is 1. The van der Waals surface area contributed by atoms with E-state index in [1.165, 1.54) is 0 Å². The largest absolute Gasteiger partial charge is 0.486 e. The van der Waals surface area contributed by atoms with Gasteiger partial charge in [-0.3, -0.25) is 4.79 Å². The lowest BCUT2D eigenvalue weighted by Crippen LogP contribution is -2.17. The third-order valence-electron chi connectivity index (χ3n) is 4.35. The maximum atomic E-state index is 12.9. The van der Waals surface area contributed by atoms with E-state index in [1.807, 2.05) is 30.3 Å². The number of aromatic nitrogens is 2. The number of nitrogens with zero attached hydrogens (tertiary/aromatic N) is 2. The van der Waals surface area contributed by atoms with Crippen LogP contribution in [0.15, 0.2) is 46.9 Å². The number of aryl methyl sites for hydroxylation is 1. The second kappa shape index (κ2) is 7.85. The van der Waals surface area contributed by atoms with E-state index in [2.05, 4.69) is 26.3 Å². The number of fused-ring (bicyclic) bond motifs is 1. The summed E-state index contributed by atoms with van der Waals surface area (Å²) in [4.78, 5) is 12.9. The first-order chi connectivity index (χ1) is 13.5. The number of benzene rings is 2. The molecule has 28 heavy (non-hydrogen) atoms. The van der Waals surface area contributed by atoms with Gasteiger partial charge in [0, 0.05) is 16.6 Å². The van der Waals surface area contributed by atoms with Crippen molar-refractivity contribution >= 4 is 39.1 Å². The highest BCUT2D eigenvalue weighted by Crippen LogP contribution is 2.38. The normalized spacial score (nSPS) is 12.7. The van der Waals surface area contributed by atoms with Gasteiger partial charge in [-0.2, -0.15) is 5.10 Å². The predicted octanol–water partition coefficient (Wildman–Crippen LogP) is 4.68. The molecule has 1 amide bonds. The molecule has 0 radical (unpaired) electrons. The van der Waals surface area contributed by atoms with Gasteiger partial charge >= 0.3 is 0 Å². The summed E-state index contributed by atoms with van der Waals surface area (Å²) < 4.78 is 13.4. The molecule has 0 saturated heterocycles. The molecule has 8 heteroatoms. The number of carbonyl (C=O) groups is 1. The molecule has 0 fully saturated rings. The molecule has 0 saturated carbocycles. The van der Waals surface area contributed by atoms with Crippen molar-refractivity contribution in [3.05, 3.63) is 68.9 Å². The predicted molar refractivity (Wildman–Crippen MR) is 111 cm³/mol. The monoisotopic (exact) mass is 461 g/mol. The van der Waals surface area contributed by atoms with Crippen molar-refractivity contribution in [2.75, 3.05) is 18.5 Å². The van der Waals surface area contributed by atoms with Crippen LogP contribution in [0.1, 0.15) is 21.6 Å². The summed E-state index contributed by atoms with van der Waals surface area (Å²) in [5.74, 6) is 0.896. The molecule has 0 aliphatic carbocycles. The number of halogens is 2. The molecule has 0 atom stereocenters. The third-order valence-corrected chi connectivity index (χ3v) is 5.39. The number of carbonyl (C=O) groups excluding carboxylic acids is 1. The molecule has 1 aliphatic rings. The van der Waals surface area contributed by atoms with E-state index in [0.29, 0.717) is 57.8 Å². The summed E-state index contributed by atoms with van der Waals surface area (Å²) in [6.07, 6.45) is 0. The molecule has 0 unspecified atom stereocenters. The second-order valence-electron chi connectivity index (χ2n) is 6.32. The maximum Gasteiger partial charge on any atom is 0.260 e. The molecule has 6 nitrogen and oxygen atoms in total. The summed E-state index contributed by atoms with van der Waals surface area (Å²) in [6, 6.07) is 13.3. The standard InChI is InChI=1S/C20H17BrClN3O3/c1-12-18(19(22)25(24-12)11-13-5-3-2-4-6-13)20(26)23-15-10-17-16(9-14(15)21)27-7-8-28-17/h2-6,9-10H,7-8,11H2,1H3,(H,23,26). The van der Waals surface area contributed by atoms with Crippen LogP contribution in [0, 0.1) is 6.92 Å². The smallest absolute Gasteiger partial charge is 0.260 e. The zero-order valence-corrected chi connectivity index (χ0v) is 17.4. The van der Waals surface area contributed by atoms with Crippen LogP contribution in [0.2, 0.25) is 5.15 Å². The van der Waals surface area contributed by atoms with Gasteiger partial charge in [0.2, 0.25) is 0 Å². The van der Waals surface area contributed by atoms with Gasteiger partial charge in [-0.25, -0.2) is 4.68 Å². The Bertz CT molecular complexity index is 1040. The van der Waals surface area contributed by atoms with Crippen molar-refractivity contribution in [2.24, 2.45) is 0 Å². The van der Waals surface area contributed by atoms with Crippen molar-refractivity contribution in [1.82, 2.24) is 9.78 Å². The molecule has 144 valence electrons. The van der Waals surface area contributed by atoms with Crippen LogP contribution in [0.4, 0.5) is 5.69 Å². The number of hydrogen-bond acceptors (Lipinski definition) is 4. The second-order valence-corrected chi connectivity index (χ2v) is 7.54. The van der Waals surface area contributed by atoms with Crippen molar-refractivity contribution in [1.29, 1.82) is 0 Å². The molecular weight excluding hydrogens is 446 g/mol. The van der Waals surface area contributed by atoms with Crippen LogP contribution in [0.5, 0.6) is 11.5 Å². The number of hydrogen-bond donors (Lipinski definition) is 1. The molecule has 1 aliphatic heterocycles. The summed E-state index contributed by atoms with van der Waals surface area (Å²) in [7, 11) is 0. The SMILES string of the molecule is Cc1nn(Cc2ccccc2)c(Cl)c1C(=O)Nc1cc2c(cc1Br)OCCO2. The number of anilines is 1. The van der Waals surface area contributed by atoms with E-state index in [1.54, 1.807) is 23.7 Å². The molecule has 2 aromatic carbocycles. The molecule has 0 bridgehead atoms. The highest BCUT2D eigenvalue weighted by molar-refractivity contribution is 9.10. The fraction of sp³-hybridized carbons (Fsp3) is 0.200. The Morgan fingerprint density at radius 3 is 2.61 bits per heavy atom. The summed E-state index contributed by atoms with van der Waals surface area (Å²) in [5, 5.41) is 7.60. The summed E-state index contributed by atoms with van der Waals surface area (Å²) >= 11 is 9.94. The average Bonchev–Trinajstić information content (AvgIpc) is 2.96. The van der Waals surface area contributed by atoms with Crippen LogP contribution < -0.4 is 14.8 Å². The van der Waals surface area contributed by atoms with E-state index in [9.17, 15) is 4.79 Å². The van der Waals surface area contributed by atoms with Crippen LogP contribution in [-0.4, -0.2) is 28.9 Å². The Morgan fingerprint density at radius 2 is 1.89 bits per heavy atom. The Balaban J connectivity index is 1.59. The Hall–Kier alpha value is -2.51. The Labute approximate surface area is 175 Å². The lowest BCUT2D eigenvalue weighted by molar-refractivity contribution is 0.102. The van der Waals surface area contributed by atoms with Gasteiger partial charge in [0.1, 0.15) is 18.4 Å². The molecule has 3 aromatic rings. The average molecular weight is 463 g/mol. The van der Waals surface area contributed by atoms with E-state index in [0.717, 1.165) is 5.56 Å². The van der Waals surface area contributed by atoms with Crippen LogP contribution >= 0.6 is 27.5 Å². The van der Waals surface area contributed by atoms with E-state index in [-0.39, 0.29) is 5.91 Å². The highest BCUT2D eigenvalue weighted by atomic mass is 79.9. The van der Waals surface area contributed by atoms with Crippen LogP contribution in [0.3, 0.4) is 0 Å². The molecule has 2 heterocycles. The lowest BCUT2D eigenvalue weighted by atomic mass is 10.2. The van der Waals surface area contributed by atoms with Gasteiger partial charge in [-0.05, 0) is 28.4 Å². The Kier molecular flexibility index (Phi) is 5.28. The minimum absolute atomic E-state index is 0.299. The lowest BCUT2D eigenvalue weighted by Gasteiger charge is -2.20. The van der Waals surface area contributed by atoms with E-state index >= 15 is 0 Å². The first-order valence-electron chi connectivity index (χ1n) is 8.70. The van der Waals surface area contributed by atoms with Gasteiger partial charge in [-0.1, -0.05) is 41.9 Å².